The number of nitrogens with zero attached hydrogens (tertiary/aromatic N) is 4. The highest BCUT2D eigenvalue weighted by atomic mass is 28.4. The molecule has 0 bridgehead atoms. The molecule has 10 heteroatoms. The molecular formula is C33H40N6O3Si. The smallest absolute Gasteiger partial charge is 0.227 e. The average molecular weight is 597 g/mol. The van der Waals surface area contributed by atoms with Gasteiger partial charge < -0.3 is 24.5 Å². The normalized spacial score (nSPS) is 18.9. The summed E-state index contributed by atoms with van der Waals surface area (Å²) in [4.78, 5) is 9.25. The van der Waals surface area contributed by atoms with E-state index < -0.39 is 8.32 Å². The molecule has 1 fully saturated rings. The summed E-state index contributed by atoms with van der Waals surface area (Å²) in [5.74, 6) is 0.964. The lowest BCUT2D eigenvalue weighted by Gasteiger charge is -2.39. The van der Waals surface area contributed by atoms with Gasteiger partial charge in [0.25, 0.3) is 0 Å². The van der Waals surface area contributed by atoms with E-state index in [1.165, 1.54) is 0 Å². The summed E-state index contributed by atoms with van der Waals surface area (Å²) in [5.41, 5.74) is 4.75. The molecule has 2 N–H and O–H groups in total. The molecule has 0 unspecified atom stereocenters. The third-order valence-electron chi connectivity index (χ3n) is 8.91. The van der Waals surface area contributed by atoms with Crippen LogP contribution >= 0.6 is 0 Å². The highest BCUT2D eigenvalue weighted by Crippen LogP contribution is 2.44. The molecule has 2 aliphatic heterocycles. The fourth-order valence-corrected chi connectivity index (χ4v) is 6.03. The van der Waals surface area contributed by atoms with Crippen molar-refractivity contribution in [1.82, 2.24) is 9.97 Å². The van der Waals surface area contributed by atoms with Gasteiger partial charge >= 0.3 is 0 Å². The van der Waals surface area contributed by atoms with Crippen LogP contribution in [0.4, 0.5) is 17.3 Å². The molecule has 5 rings (SSSR count). The van der Waals surface area contributed by atoms with Crippen molar-refractivity contribution in [2.24, 2.45) is 5.41 Å². The third-order valence-corrected chi connectivity index (χ3v) is 13.4. The minimum atomic E-state index is -1.97. The number of ether oxygens (including phenoxy) is 2. The van der Waals surface area contributed by atoms with Crippen LogP contribution in [0.3, 0.4) is 0 Å². The second kappa shape index (κ2) is 11.3. The van der Waals surface area contributed by atoms with Gasteiger partial charge in [-0.25, -0.2) is 9.97 Å². The number of aromatic nitrogens is 2. The van der Waals surface area contributed by atoms with Crippen molar-refractivity contribution >= 4 is 25.6 Å². The first-order chi connectivity index (χ1) is 20.3. The first-order valence-electron chi connectivity index (χ1n) is 14.6. The fraction of sp³-hybridized carbons (Fsp3) is 0.455. The third kappa shape index (κ3) is 6.23. The van der Waals surface area contributed by atoms with Crippen LogP contribution in [0.25, 0.3) is 11.3 Å². The second-order valence-electron chi connectivity index (χ2n) is 13.8. The van der Waals surface area contributed by atoms with Crippen molar-refractivity contribution in [2.45, 2.75) is 58.2 Å². The number of fused-ring (bicyclic) bond motifs is 1. The monoisotopic (exact) mass is 596 g/mol. The van der Waals surface area contributed by atoms with Gasteiger partial charge in [0.15, 0.2) is 8.32 Å². The lowest BCUT2D eigenvalue weighted by atomic mass is 9.83. The molecule has 43 heavy (non-hydrogen) atoms. The Morgan fingerprint density at radius 2 is 1.84 bits per heavy atom. The molecule has 2 aromatic carbocycles. The van der Waals surface area contributed by atoms with Gasteiger partial charge in [0.05, 0.1) is 54.1 Å². The number of nitrogens with one attached hydrogen (secondary N) is 2. The van der Waals surface area contributed by atoms with Crippen molar-refractivity contribution in [3.05, 3.63) is 59.3 Å². The summed E-state index contributed by atoms with van der Waals surface area (Å²) in [7, 11) is -1.97. The largest absolute Gasteiger partial charge is 0.491 e. The van der Waals surface area contributed by atoms with Gasteiger partial charge in [-0.1, -0.05) is 34.6 Å². The molecule has 1 aromatic heterocycles. The molecule has 0 spiro atoms. The molecule has 1 atom stereocenters. The molecule has 1 saturated heterocycles. The van der Waals surface area contributed by atoms with Crippen LogP contribution in [-0.2, 0) is 14.6 Å². The van der Waals surface area contributed by atoms with Gasteiger partial charge in [0.1, 0.15) is 11.8 Å². The highest BCUT2D eigenvalue weighted by molar-refractivity contribution is 6.74. The Hall–Kier alpha value is -3.96. The van der Waals surface area contributed by atoms with Crippen LogP contribution in [0.15, 0.2) is 42.6 Å². The van der Waals surface area contributed by atoms with Gasteiger partial charge in [0.2, 0.25) is 5.95 Å². The Bertz CT molecular complexity index is 1620. The minimum absolute atomic E-state index is 0.0350. The number of nitriles is 2. The van der Waals surface area contributed by atoms with Crippen LogP contribution in [0.5, 0.6) is 5.75 Å². The predicted octanol–water partition coefficient (Wildman–Crippen LogP) is 6.75. The summed E-state index contributed by atoms with van der Waals surface area (Å²) in [6.07, 6.45) is 1.68. The Labute approximate surface area is 255 Å². The van der Waals surface area contributed by atoms with Gasteiger partial charge in [-0.3, -0.25) is 0 Å². The van der Waals surface area contributed by atoms with E-state index in [4.69, 9.17) is 18.9 Å². The first kappa shape index (κ1) is 30.5. The van der Waals surface area contributed by atoms with Crippen molar-refractivity contribution in [3.8, 4) is 29.1 Å². The summed E-state index contributed by atoms with van der Waals surface area (Å²) in [6.45, 7) is 18.6. The first-order valence-corrected chi connectivity index (χ1v) is 17.5. The maximum atomic E-state index is 10.1. The van der Waals surface area contributed by atoms with E-state index in [1.807, 2.05) is 12.1 Å². The van der Waals surface area contributed by atoms with Crippen LogP contribution in [0, 0.1) is 28.1 Å². The molecule has 0 amide bonds. The Kier molecular flexibility index (Phi) is 7.99. The zero-order valence-corrected chi connectivity index (χ0v) is 27.1. The van der Waals surface area contributed by atoms with E-state index in [0.717, 1.165) is 16.8 Å². The quantitative estimate of drug-likeness (QED) is 0.258. The molecule has 2 aliphatic rings. The van der Waals surface area contributed by atoms with Crippen molar-refractivity contribution in [3.63, 3.8) is 0 Å². The molecule has 0 radical (unpaired) electrons. The molecule has 3 aromatic rings. The highest BCUT2D eigenvalue weighted by Gasteiger charge is 2.42. The van der Waals surface area contributed by atoms with Gasteiger partial charge in [-0.15, -0.1) is 0 Å². The lowest BCUT2D eigenvalue weighted by molar-refractivity contribution is -0.120. The summed E-state index contributed by atoms with van der Waals surface area (Å²) >= 11 is 0. The van der Waals surface area contributed by atoms with Gasteiger partial charge in [0, 0.05) is 35.7 Å². The Morgan fingerprint density at radius 1 is 1.07 bits per heavy atom. The van der Waals surface area contributed by atoms with Crippen LogP contribution in [0.1, 0.15) is 51.3 Å². The zero-order valence-electron chi connectivity index (χ0n) is 26.1. The number of hydrogen-bond acceptors (Lipinski definition) is 9. The molecule has 224 valence electrons. The number of benzene rings is 2. The maximum absolute atomic E-state index is 10.1. The predicted molar refractivity (Wildman–Crippen MR) is 170 cm³/mol. The number of rotatable bonds is 9. The summed E-state index contributed by atoms with van der Waals surface area (Å²) in [5, 5.41) is 26.4. The fourth-order valence-electron chi connectivity index (χ4n) is 4.92. The van der Waals surface area contributed by atoms with E-state index in [9.17, 15) is 10.5 Å². The van der Waals surface area contributed by atoms with Crippen LogP contribution in [-0.4, -0.2) is 51.3 Å². The molecule has 0 saturated carbocycles. The molecule has 3 heterocycles. The van der Waals surface area contributed by atoms with Crippen LogP contribution < -0.4 is 15.4 Å². The van der Waals surface area contributed by atoms with E-state index in [0.29, 0.717) is 67.2 Å². The maximum Gasteiger partial charge on any atom is 0.227 e. The topological polar surface area (TPSA) is 125 Å². The summed E-state index contributed by atoms with van der Waals surface area (Å²) in [6, 6.07) is 15.6. The Morgan fingerprint density at radius 3 is 2.49 bits per heavy atom. The van der Waals surface area contributed by atoms with E-state index in [2.05, 4.69) is 81.5 Å². The van der Waals surface area contributed by atoms with Crippen molar-refractivity contribution < 1.29 is 13.9 Å². The zero-order chi connectivity index (χ0) is 31.0. The van der Waals surface area contributed by atoms with E-state index >= 15 is 0 Å². The SMILES string of the molecule is CC1(COc2ccc(C#N)cc2Nc2nccc(-c3cc(C#N)c4c(c3)[C@@](C)(CO[Si](C)(C)C(C)(C)C)CN4)n2)COC1. The van der Waals surface area contributed by atoms with Crippen molar-refractivity contribution in [2.75, 3.05) is 43.6 Å². The van der Waals surface area contributed by atoms with Crippen molar-refractivity contribution in [1.29, 1.82) is 10.5 Å². The Balaban J connectivity index is 1.44. The standard InChI is InChI=1S/C33H40N6O3Si/c1-31(2,3)43(6,7)42-21-33(5)17-37-29-24(16-35)13-23(14-25(29)33)26-10-11-36-30(38-26)39-27-12-22(15-34)8-9-28(27)41-20-32(4)18-40-19-32/h8-14,37H,17-21H2,1-7H3,(H,36,38,39)/t33-/m1/s1. The van der Waals surface area contributed by atoms with E-state index in [-0.39, 0.29) is 15.9 Å². The minimum Gasteiger partial charge on any atom is -0.491 e. The molecule has 9 nitrogen and oxygen atoms in total. The van der Waals surface area contributed by atoms with Crippen LogP contribution in [0.2, 0.25) is 18.1 Å². The molecule has 0 aliphatic carbocycles. The van der Waals surface area contributed by atoms with E-state index in [1.54, 1.807) is 24.4 Å². The van der Waals surface area contributed by atoms with Gasteiger partial charge in [-0.2, -0.15) is 10.5 Å². The second-order valence-corrected chi connectivity index (χ2v) is 18.6. The summed E-state index contributed by atoms with van der Waals surface area (Å²) < 4.78 is 18.2. The average Bonchev–Trinajstić information content (AvgIpc) is 3.30. The number of anilines is 3. The number of hydrogen-bond donors (Lipinski definition) is 2. The lowest BCUT2D eigenvalue weighted by Crippen LogP contribution is -2.45. The van der Waals surface area contributed by atoms with Gasteiger partial charge in [-0.05, 0) is 60.1 Å². The molecular weight excluding hydrogens is 556 g/mol.